The van der Waals surface area contributed by atoms with Gasteiger partial charge in [0.15, 0.2) is 0 Å². The second-order valence-corrected chi connectivity index (χ2v) is 7.93. The first-order valence-electron chi connectivity index (χ1n) is 7.78. The second-order valence-electron chi connectivity index (χ2n) is 7.02. The summed E-state index contributed by atoms with van der Waals surface area (Å²) in [4.78, 5) is 26.7. The summed E-state index contributed by atoms with van der Waals surface area (Å²) in [7, 11) is 0. The molecule has 0 spiro atoms. The number of aromatic amines is 1. The van der Waals surface area contributed by atoms with Gasteiger partial charge in [0.05, 0.1) is 17.0 Å². The number of fused-ring (bicyclic) bond motifs is 1. The maximum Gasteiger partial charge on any atom is 0.255 e. The average molecular weight is 377 g/mol. The summed E-state index contributed by atoms with van der Waals surface area (Å²) in [6.45, 7) is 8.45. The lowest BCUT2D eigenvalue weighted by molar-refractivity contribution is 0.238. The van der Waals surface area contributed by atoms with Gasteiger partial charge in [0, 0.05) is 42.1 Å². The Bertz CT molecular complexity index is 762. The smallest absolute Gasteiger partial charge is 0.255 e. The van der Waals surface area contributed by atoms with Crippen LogP contribution < -0.4 is 5.56 Å². The van der Waals surface area contributed by atoms with Crippen molar-refractivity contribution in [1.82, 2.24) is 19.9 Å². The van der Waals surface area contributed by atoms with E-state index in [1.54, 1.807) is 6.20 Å². The predicted octanol–water partition coefficient (Wildman–Crippen LogP) is 2.78. The normalized spacial score (nSPS) is 15.5. The Morgan fingerprint density at radius 1 is 1.35 bits per heavy atom. The highest BCUT2D eigenvalue weighted by Gasteiger charge is 2.24. The highest BCUT2D eigenvalue weighted by molar-refractivity contribution is 9.10. The quantitative estimate of drug-likeness (QED) is 0.874. The highest BCUT2D eigenvalue weighted by Crippen LogP contribution is 2.21. The third kappa shape index (κ3) is 3.70. The number of hydrogen-bond acceptors (Lipinski definition) is 4. The lowest BCUT2D eigenvalue weighted by Crippen LogP contribution is -2.37. The standard InChI is InChI=1S/C17H21BrN4O/c1-17(2,3)16-20-14-6-7-22(10-13(14)15(23)21-16)9-12-5-4-11(18)8-19-12/h4-5,8H,6-7,9-10H2,1-3H3,(H,20,21,23). The van der Waals surface area contributed by atoms with Crippen LogP contribution >= 0.6 is 15.9 Å². The minimum Gasteiger partial charge on any atom is -0.310 e. The molecule has 0 aromatic carbocycles. The van der Waals surface area contributed by atoms with E-state index < -0.39 is 0 Å². The molecule has 0 bridgehead atoms. The van der Waals surface area contributed by atoms with Gasteiger partial charge in [-0.2, -0.15) is 0 Å². The maximum absolute atomic E-state index is 12.4. The number of nitrogens with one attached hydrogen (secondary N) is 1. The summed E-state index contributed by atoms with van der Waals surface area (Å²) in [6.07, 6.45) is 2.61. The van der Waals surface area contributed by atoms with Gasteiger partial charge < -0.3 is 4.98 Å². The summed E-state index contributed by atoms with van der Waals surface area (Å²) < 4.78 is 0.973. The van der Waals surface area contributed by atoms with Crippen molar-refractivity contribution in [3.8, 4) is 0 Å². The second kappa shape index (κ2) is 6.17. The third-order valence-corrected chi connectivity index (χ3v) is 4.50. The first kappa shape index (κ1) is 16.3. The van der Waals surface area contributed by atoms with E-state index in [1.165, 1.54) is 0 Å². The number of H-pyrrole nitrogens is 1. The molecule has 1 N–H and O–H groups in total. The lowest BCUT2D eigenvalue weighted by atomic mass is 9.95. The highest BCUT2D eigenvalue weighted by atomic mass is 79.9. The van der Waals surface area contributed by atoms with Crippen LogP contribution in [0.25, 0.3) is 0 Å². The van der Waals surface area contributed by atoms with Crippen molar-refractivity contribution in [1.29, 1.82) is 0 Å². The van der Waals surface area contributed by atoms with Crippen molar-refractivity contribution in [3.63, 3.8) is 0 Å². The van der Waals surface area contributed by atoms with E-state index in [1.807, 2.05) is 12.1 Å². The van der Waals surface area contributed by atoms with Crippen LogP contribution in [0, 0.1) is 0 Å². The van der Waals surface area contributed by atoms with Gasteiger partial charge in [0.25, 0.3) is 5.56 Å². The zero-order valence-electron chi connectivity index (χ0n) is 13.7. The van der Waals surface area contributed by atoms with E-state index >= 15 is 0 Å². The Labute approximate surface area is 144 Å². The van der Waals surface area contributed by atoms with E-state index in [2.05, 4.69) is 51.6 Å². The molecule has 3 heterocycles. The van der Waals surface area contributed by atoms with E-state index in [-0.39, 0.29) is 11.0 Å². The van der Waals surface area contributed by atoms with Crippen molar-refractivity contribution >= 4 is 15.9 Å². The Morgan fingerprint density at radius 3 is 2.78 bits per heavy atom. The monoisotopic (exact) mass is 376 g/mol. The molecule has 6 heteroatoms. The first-order valence-corrected chi connectivity index (χ1v) is 8.57. The van der Waals surface area contributed by atoms with Crippen LogP contribution in [0.4, 0.5) is 0 Å². The summed E-state index contributed by atoms with van der Waals surface area (Å²) in [5.74, 6) is 0.768. The summed E-state index contributed by atoms with van der Waals surface area (Å²) in [5, 5.41) is 0. The van der Waals surface area contributed by atoms with Crippen LogP contribution in [-0.2, 0) is 24.9 Å². The fourth-order valence-electron chi connectivity index (χ4n) is 2.70. The molecule has 0 saturated heterocycles. The van der Waals surface area contributed by atoms with Crippen LogP contribution in [-0.4, -0.2) is 26.4 Å². The molecule has 0 atom stereocenters. The number of halogens is 1. The molecule has 0 saturated carbocycles. The molecular formula is C17H21BrN4O. The molecule has 1 aliphatic heterocycles. The van der Waals surface area contributed by atoms with E-state index in [4.69, 9.17) is 4.98 Å². The van der Waals surface area contributed by atoms with Crippen molar-refractivity contribution in [2.24, 2.45) is 0 Å². The topological polar surface area (TPSA) is 61.9 Å². The number of nitrogens with zero attached hydrogens (tertiary/aromatic N) is 3. The Hall–Kier alpha value is -1.53. The average Bonchev–Trinajstić information content (AvgIpc) is 2.49. The van der Waals surface area contributed by atoms with Gasteiger partial charge in [-0.3, -0.25) is 14.7 Å². The molecule has 1 aliphatic rings. The molecule has 122 valence electrons. The molecule has 5 nitrogen and oxygen atoms in total. The summed E-state index contributed by atoms with van der Waals surface area (Å²) in [6, 6.07) is 4.00. The molecule has 2 aromatic heterocycles. The van der Waals surface area contributed by atoms with Gasteiger partial charge in [-0.1, -0.05) is 20.8 Å². The summed E-state index contributed by atoms with van der Waals surface area (Å²) >= 11 is 3.39. The molecule has 3 rings (SSSR count). The van der Waals surface area contributed by atoms with Gasteiger partial charge in [-0.25, -0.2) is 4.98 Å². The van der Waals surface area contributed by atoms with Crippen LogP contribution in [0.1, 0.15) is 43.5 Å². The van der Waals surface area contributed by atoms with Crippen molar-refractivity contribution < 1.29 is 0 Å². The summed E-state index contributed by atoms with van der Waals surface area (Å²) in [5.41, 5.74) is 2.59. The minimum atomic E-state index is -0.146. The SMILES string of the molecule is CC(C)(C)c1nc2c(c(=O)[nH]1)CN(Cc1ccc(Br)cn1)CC2. The largest absolute Gasteiger partial charge is 0.310 e. The molecule has 0 unspecified atom stereocenters. The van der Waals surface area contributed by atoms with Crippen molar-refractivity contribution in [2.75, 3.05) is 6.54 Å². The Morgan fingerprint density at radius 2 is 2.13 bits per heavy atom. The molecule has 0 fully saturated rings. The fraction of sp³-hybridized carbons (Fsp3) is 0.471. The lowest BCUT2D eigenvalue weighted by Gasteiger charge is -2.28. The van der Waals surface area contributed by atoms with E-state index in [9.17, 15) is 4.79 Å². The zero-order chi connectivity index (χ0) is 16.6. The number of pyridine rings is 1. The van der Waals surface area contributed by atoms with Crippen LogP contribution in [0.2, 0.25) is 0 Å². The van der Waals surface area contributed by atoms with Crippen molar-refractivity contribution in [3.05, 3.63) is 55.9 Å². The Kier molecular flexibility index (Phi) is 4.38. The number of aromatic nitrogens is 3. The van der Waals surface area contributed by atoms with E-state index in [0.29, 0.717) is 6.54 Å². The number of rotatable bonds is 2. The maximum atomic E-state index is 12.4. The molecule has 23 heavy (non-hydrogen) atoms. The molecule has 2 aromatic rings. The van der Waals surface area contributed by atoms with Crippen LogP contribution in [0.15, 0.2) is 27.6 Å². The fourth-order valence-corrected chi connectivity index (χ4v) is 2.93. The van der Waals surface area contributed by atoms with Crippen LogP contribution in [0.3, 0.4) is 0 Å². The van der Waals surface area contributed by atoms with Gasteiger partial charge in [0.1, 0.15) is 5.82 Å². The van der Waals surface area contributed by atoms with Gasteiger partial charge in [-0.15, -0.1) is 0 Å². The Balaban J connectivity index is 1.81. The zero-order valence-corrected chi connectivity index (χ0v) is 15.3. The van der Waals surface area contributed by atoms with Gasteiger partial charge in [-0.05, 0) is 28.1 Å². The van der Waals surface area contributed by atoms with E-state index in [0.717, 1.165) is 46.8 Å². The molecular weight excluding hydrogens is 356 g/mol. The third-order valence-electron chi connectivity index (χ3n) is 4.03. The minimum absolute atomic E-state index is 0.00612. The predicted molar refractivity (Wildman–Crippen MR) is 93.3 cm³/mol. The van der Waals surface area contributed by atoms with Crippen LogP contribution in [0.5, 0.6) is 0 Å². The molecule has 0 aliphatic carbocycles. The van der Waals surface area contributed by atoms with Crippen molar-refractivity contribution in [2.45, 2.75) is 45.7 Å². The molecule has 0 radical (unpaired) electrons. The molecule has 0 amide bonds. The van der Waals surface area contributed by atoms with Gasteiger partial charge in [0.2, 0.25) is 0 Å². The first-order chi connectivity index (χ1) is 10.8. The van der Waals surface area contributed by atoms with Gasteiger partial charge >= 0.3 is 0 Å². The number of hydrogen-bond donors (Lipinski definition) is 1.